The molecule has 0 spiro atoms. The average molecular weight is 260 g/mol. The zero-order valence-electron chi connectivity index (χ0n) is 7.05. The molecule has 1 fully saturated rings. The van der Waals surface area contributed by atoms with Gasteiger partial charge in [0.25, 0.3) is 0 Å². The quantitative estimate of drug-likeness (QED) is 0.898. The molecule has 0 atom stereocenters. The number of halogens is 1. The van der Waals surface area contributed by atoms with Crippen molar-refractivity contribution >= 4 is 33.0 Å². The second-order valence-corrected chi connectivity index (χ2v) is 5.75. The summed E-state index contributed by atoms with van der Waals surface area (Å²) in [6.45, 7) is 1.73. The highest BCUT2D eigenvalue weighted by atomic mass is 79.9. The van der Waals surface area contributed by atoms with Gasteiger partial charge < -0.3 is 5.32 Å². The molecule has 0 aliphatic carbocycles. The Kier molecular flexibility index (Phi) is 2.81. The number of nitrogens with one attached hydrogen (secondary N) is 1. The van der Waals surface area contributed by atoms with Gasteiger partial charge in [-0.25, -0.2) is 0 Å². The number of rotatable bonds is 3. The number of Topliss-reactive ketones (excluding diaryl/α,β-unsaturated/α-hetero) is 1. The first-order valence-corrected chi connectivity index (χ1v) is 5.84. The van der Waals surface area contributed by atoms with Gasteiger partial charge in [-0.15, -0.1) is 11.3 Å². The predicted octanol–water partition coefficient (Wildman–Crippen LogP) is 1.84. The van der Waals surface area contributed by atoms with Crippen molar-refractivity contribution in [1.29, 1.82) is 0 Å². The van der Waals surface area contributed by atoms with Crippen LogP contribution in [0.25, 0.3) is 0 Å². The largest absolute Gasteiger partial charge is 0.315 e. The van der Waals surface area contributed by atoms with Crippen molar-refractivity contribution in [2.75, 3.05) is 13.1 Å². The van der Waals surface area contributed by atoms with Gasteiger partial charge in [0.15, 0.2) is 0 Å². The van der Waals surface area contributed by atoms with E-state index in [-0.39, 0.29) is 5.92 Å². The molecular weight excluding hydrogens is 250 g/mol. The highest BCUT2D eigenvalue weighted by Crippen LogP contribution is 2.23. The van der Waals surface area contributed by atoms with Crippen molar-refractivity contribution < 1.29 is 4.79 Å². The standard InChI is InChI=1S/C9H10BrNOS/c10-9-2-1-7(13-9)3-8(12)6-4-11-5-6/h1-2,6,11H,3-5H2. The van der Waals surface area contributed by atoms with Crippen LogP contribution in [0.1, 0.15) is 4.88 Å². The monoisotopic (exact) mass is 259 g/mol. The van der Waals surface area contributed by atoms with E-state index < -0.39 is 0 Å². The number of carbonyl (C=O) groups is 1. The van der Waals surface area contributed by atoms with Crippen LogP contribution in [-0.4, -0.2) is 18.9 Å². The van der Waals surface area contributed by atoms with Gasteiger partial charge in [-0.3, -0.25) is 4.79 Å². The topological polar surface area (TPSA) is 29.1 Å². The van der Waals surface area contributed by atoms with Gasteiger partial charge in [0.1, 0.15) is 5.78 Å². The van der Waals surface area contributed by atoms with Crippen molar-refractivity contribution in [2.24, 2.45) is 5.92 Å². The van der Waals surface area contributed by atoms with Crippen LogP contribution < -0.4 is 5.32 Å². The van der Waals surface area contributed by atoms with Gasteiger partial charge in [-0.05, 0) is 28.1 Å². The summed E-state index contributed by atoms with van der Waals surface area (Å²) in [5.41, 5.74) is 0. The van der Waals surface area contributed by atoms with Gasteiger partial charge in [0.2, 0.25) is 0 Å². The van der Waals surface area contributed by atoms with Crippen LogP contribution in [0, 0.1) is 5.92 Å². The Hall–Kier alpha value is -0.190. The maximum absolute atomic E-state index is 11.6. The Morgan fingerprint density at radius 2 is 2.38 bits per heavy atom. The van der Waals surface area contributed by atoms with Gasteiger partial charge >= 0.3 is 0 Å². The summed E-state index contributed by atoms with van der Waals surface area (Å²) in [4.78, 5) is 12.7. The molecule has 0 bridgehead atoms. The van der Waals surface area contributed by atoms with E-state index in [0.29, 0.717) is 12.2 Å². The lowest BCUT2D eigenvalue weighted by Crippen LogP contribution is -2.46. The lowest BCUT2D eigenvalue weighted by Gasteiger charge is -2.25. The Labute approximate surface area is 89.5 Å². The van der Waals surface area contributed by atoms with Crippen LogP contribution >= 0.6 is 27.3 Å². The molecule has 1 aliphatic rings. The zero-order chi connectivity index (χ0) is 9.26. The van der Waals surface area contributed by atoms with Crippen molar-refractivity contribution in [3.05, 3.63) is 20.8 Å². The number of hydrogen-bond donors (Lipinski definition) is 1. The van der Waals surface area contributed by atoms with Crippen molar-refractivity contribution in [3.63, 3.8) is 0 Å². The van der Waals surface area contributed by atoms with E-state index in [1.165, 1.54) is 0 Å². The molecule has 2 heterocycles. The summed E-state index contributed by atoms with van der Waals surface area (Å²) in [7, 11) is 0. The predicted molar refractivity (Wildman–Crippen MR) is 57.1 cm³/mol. The van der Waals surface area contributed by atoms with E-state index in [0.717, 1.165) is 21.8 Å². The maximum atomic E-state index is 11.6. The Balaban J connectivity index is 1.93. The van der Waals surface area contributed by atoms with Crippen LogP contribution in [0.5, 0.6) is 0 Å². The molecule has 1 N–H and O–H groups in total. The molecule has 13 heavy (non-hydrogen) atoms. The molecule has 0 radical (unpaired) electrons. The Bertz CT molecular complexity index is 319. The summed E-state index contributed by atoms with van der Waals surface area (Å²) in [6.07, 6.45) is 0.600. The summed E-state index contributed by atoms with van der Waals surface area (Å²) in [5.74, 6) is 0.633. The second kappa shape index (κ2) is 3.90. The number of ketones is 1. The normalized spacial score (nSPS) is 17.0. The van der Waals surface area contributed by atoms with E-state index >= 15 is 0 Å². The summed E-state index contributed by atoms with van der Waals surface area (Å²) >= 11 is 5.03. The lowest BCUT2D eigenvalue weighted by molar-refractivity contribution is -0.123. The molecule has 2 nitrogen and oxygen atoms in total. The Morgan fingerprint density at radius 3 is 2.85 bits per heavy atom. The number of carbonyl (C=O) groups excluding carboxylic acids is 1. The fourth-order valence-electron chi connectivity index (χ4n) is 1.28. The SMILES string of the molecule is O=C(Cc1ccc(Br)s1)C1CNC1. The smallest absolute Gasteiger partial charge is 0.143 e. The highest BCUT2D eigenvalue weighted by molar-refractivity contribution is 9.11. The minimum Gasteiger partial charge on any atom is -0.315 e. The van der Waals surface area contributed by atoms with Crippen molar-refractivity contribution in [1.82, 2.24) is 5.32 Å². The molecule has 0 saturated carbocycles. The van der Waals surface area contributed by atoms with Crippen LogP contribution in [0.15, 0.2) is 15.9 Å². The van der Waals surface area contributed by atoms with Crippen LogP contribution in [0.2, 0.25) is 0 Å². The van der Waals surface area contributed by atoms with Gasteiger partial charge in [0.05, 0.1) is 3.79 Å². The average Bonchev–Trinajstić information content (AvgIpc) is 2.31. The summed E-state index contributed by atoms with van der Waals surface area (Å²) < 4.78 is 1.10. The molecule has 1 aromatic rings. The third-order valence-corrected chi connectivity index (χ3v) is 3.84. The van der Waals surface area contributed by atoms with E-state index in [9.17, 15) is 4.79 Å². The molecule has 1 aromatic heterocycles. The van der Waals surface area contributed by atoms with E-state index in [1.54, 1.807) is 11.3 Å². The third kappa shape index (κ3) is 2.18. The molecule has 0 aromatic carbocycles. The molecule has 0 amide bonds. The summed E-state index contributed by atoms with van der Waals surface area (Å²) in [5, 5.41) is 3.11. The third-order valence-electron chi connectivity index (χ3n) is 2.21. The van der Waals surface area contributed by atoms with Crippen molar-refractivity contribution in [3.8, 4) is 0 Å². The molecule has 0 unspecified atom stereocenters. The molecule has 2 rings (SSSR count). The van der Waals surface area contributed by atoms with Crippen LogP contribution in [0.4, 0.5) is 0 Å². The summed E-state index contributed by atoms with van der Waals surface area (Å²) in [6, 6.07) is 4.01. The van der Waals surface area contributed by atoms with E-state index in [2.05, 4.69) is 21.2 Å². The lowest BCUT2D eigenvalue weighted by atomic mass is 9.95. The molecule has 1 saturated heterocycles. The number of hydrogen-bond acceptors (Lipinski definition) is 3. The maximum Gasteiger partial charge on any atom is 0.143 e. The fraction of sp³-hybridized carbons (Fsp3) is 0.444. The van der Waals surface area contributed by atoms with Gasteiger partial charge in [0, 0.05) is 30.3 Å². The first-order valence-electron chi connectivity index (χ1n) is 4.23. The van der Waals surface area contributed by atoms with Gasteiger partial charge in [-0.1, -0.05) is 0 Å². The van der Waals surface area contributed by atoms with E-state index in [1.807, 2.05) is 12.1 Å². The Morgan fingerprint density at radius 1 is 1.62 bits per heavy atom. The second-order valence-electron chi connectivity index (χ2n) is 3.20. The number of thiophene rings is 1. The molecule has 70 valence electrons. The first kappa shape index (κ1) is 9.37. The minimum atomic E-state index is 0.265. The first-order chi connectivity index (χ1) is 6.25. The highest BCUT2D eigenvalue weighted by Gasteiger charge is 2.24. The molecular formula is C9H10BrNOS. The fourth-order valence-corrected chi connectivity index (χ4v) is 2.77. The molecule has 1 aliphatic heterocycles. The van der Waals surface area contributed by atoms with Crippen molar-refractivity contribution in [2.45, 2.75) is 6.42 Å². The van der Waals surface area contributed by atoms with Gasteiger partial charge in [-0.2, -0.15) is 0 Å². The van der Waals surface area contributed by atoms with E-state index in [4.69, 9.17) is 0 Å². The zero-order valence-corrected chi connectivity index (χ0v) is 9.45. The minimum absolute atomic E-state index is 0.265. The molecule has 4 heteroatoms. The van der Waals surface area contributed by atoms with Crippen LogP contribution in [0.3, 0.4) is 0 Å². The van der Waals surface area contributed by atoms with Crippen LogP contribution in [-0.2, 0) is 11.2 Å².